The molecule has 1 aromatic heterocycles. The molecule has 0 aliphatic rings. The molecule has 0 unspecified atom stereocenters. The summed E-state index contributed by atoms with van der Waals surface area (Å²) in [6.45, 7) is 0.622. The summed E-state index contributed by atoms with van der Waals surface area (Å²) in [4.78, 5) is 13.9. The van der Waals surface area contributed by atoms with E-state index in [0.29, 0.717) is 35.7 Å². The number of nitrogens with one attached hydrogen (secondary N) is 1. The number of carbonyl (C=O) groups excluding carboxylic acids is 1. The molecular formula is C13H17N3O3S. The highest BCUT2D eigenvalue weighted by Gasteiger charge is 2.11. The number of rotatable bonds is 6. The smallest absolute Gasteiger partial charge is 0.217 e. The summed E-state index contributed by atoms with van der Waals surface area (Å²) in [6.07, 6.45) is 0.979. The molecule has 1 aromatic carbocycles. The third kappa shape index (κ3) is 2.77. The first-order valence-electron chi connectivity index (χ1n) is 6.19. The van der Waals surface area contributed by atoms with Gasteiger partial charge in [0.25, 0.3) is 0 Å². The Morgan fingerprint density at radius 2 is 2.00 bits per heavy atom. The van der Waals surface area contributed by atoms with Crippen LogP contribution in [0.5, 0.6) is 11.5 Å². The predicted octanol–water partition coefficient (Wildman–Crippen LogP) is 1.98. The lowest BCUT2D eigenvalue weighted by Gasteiger charge is -2.09. The molecule has 2 rings (SSSR count). The quantitative estimate of drug-likeness (QED) is 0.798. The van der Waals surface area contributed by atoms with Crippen molar-refractivity contribution in [2.24, 2.45) is 5.73 Å². The van der Waals surface area contributed by atoms with Crippen molar-refractivity contribution in [3.8, 4) is 11.5 Å². The third-order valence-corrected chi connectivity index (χ3v) is 3.41. The van der Waals surface area contributed by atoms with E-state index in [4.69, 9.17) is 27.4 Å². The van der Waals surface area contributed by atoms with Gasteiger partial charge in [-0.3, -0.25) is 4.79 Å². The van der Waals surface area contributed by atoms with E-state index in [2.05, 4.69) is 4.98 Å². The fourth-order valence-corrected chi connectivity index (χ4v) is 2.42. The Labute approximate surface area is 121 Å². The van der Waals surface area contributed by atoms with Gasteiger partial charge in [-0.25, -0.2) is 0 Å². The maximum Gasteiger partial charge on any atom is 0.217 e. The molecule has 1 heterocycles. The molecule has 0 radical (unpaired) electrons. The van der Waals surface area contributed by atoms with Crippen LogP contribution < -0.4 is 15.2 Å². The molecule has 1 amide bonds. The first kappa shape index (κ1) is 14.4. The molecule has 20 heavy (non-hydrogen) atoms. The van der Waals surface area contributed by atoms with Crippen molar-refractivity contribution in [2.75, 3.05) is 14.2 Å². The number of H-pyrrole nitrogens is 1. The van der Waals surface area contributed by atoms with Gasteiger partial charge in [0.1, 0.15) is 0 Å². The van der Waals surface area contributed by atoms with E-state index < -0.39 is 0 Å². The maximum absolute atomic E-state index is 10.8. The standard InChI is InChI=1S/C13H17N3O3S/c1-18-10-6-8-9(7-11(10)19-2)16(13(20)15-8)5-3-4-12(14)17/h6-7H,3-5H2,1-2H3,(H2,14,17)(H,15,20). The molecule has 6 nitrogen and oxygen atoms in total. The Bertz CT molecular complexity index is 690. The molecule has 0 bridgehead atoms. The van der Waals surface area contributed by atoms with Crippen LogP contribution in [0.3, 0.4) is 0 Å². The van der Waals surface area contributed by atoms with Crippen molar-refractivity contribution < 1.29 is 14.3 Å². The molecule has 0 fully saturated rings. The summed E-state index contributed by atoms with van der Waals surface area (Å²) in [7, 11) is 3.17. The van der Waals surface area contributed by atoms with Crippen LogP contribution in [0, 0.1) is 4.77 Å². The number of benzene rings is 1. The van der Waals surface area contributed by atoms with Gasteiger partial charge in [0.15, 0.2) is 16.3 Å². The van der Waals surface area contributed by atoms with Crippen LogP contribution in [0.1, 0.15) is 12.8 Å². The number of carbonyl (C=O) groups is 1. The fourth-order valence-electron chi connectivity index (χ4n) is 2.12. The average molecular weight is 295 g/mol. The Morgan fingerprint density at radius 3 is 2.60 bits per heavy atom. The van der Waals surface area contributed by atoms with Crippen LogP contribution in [-0.4, -0.2) is 29.7 Å². The molecule has 0 spiro atoms. The number of aromatic amines is 1. The van der Waals surface area contributed by atoms with E-state index >= 15 is 0 Å². The van der Waals surface area contributed by atoms with Crippen LogP contribution in [0.4, 0.5) is 0 Å². The minimum Gasteiger partial charge on any atom is -0.493 e. The number of fused-ring (bicyclic) bond motifs is 1. The molecule has 108 valence electrons. The molecule has 0 saturated heterocycles. The molecule has 0 aliphatic carbocycles. The van der Waals surface area contributed by atoms with Crippen molar-refractivity contribution in [3.05, 3.63) is 16.9 Å². The first-order chi connectivity index (χ1) is 9.56. The highest BCUT2D eigenvalue weighted by molar-refractivity contribution is 7.71. The molecular weight excluding hydrogens is 278 g/mol. The van der Waals surface area contributed by atoms with Crippen molar-refractivity contribution in [3.63, 3.8) is 0 Å². The van der Waals surface area contributed by atoms with E-state index in [0.717, 1.165) is 11.0 Å². The largest absolute Gasteiger partial charge is 0.493 e. The summed E-state index contributed by atoms with van der Waals surface area (Å²) in [5.41, 5.74) is 6.93. The summed E-state index contributed by atoms with van der Waals surface area (Å²) < 4.78 is 13.1. The minimum absolute atomic E-state index is 0.310. The molecule has 3 N–H and O–H groups in total. The average Bonchev–Trinajstić information content (AvgIpc) is 2.72. The zero-order chi connectivity index (χ0) is 14.7. The predicted molar refractivity (Wildman–Crippen MR) is 78.7 cm³/mol. The molecule has 0 aliphatic heterocycles. The first-order valence-corrected chi connectivity index (χ1v) is 6.60. The topological polar surface area (TPSA) is 82.3 Å². The second-order valence-corrected chi connectivity index (χ2v) is 4.76. The van der Waals surface area contributed by atoms with Gasteiger partial charge in [0.2, 0.25) is 5.91 Å². The van der Waals surface area contributed by atoms with Crippen LogP contribution in [0.15, 0.2) is 12.1 Å². The SMILES string of the molecule is COc1cc2[nH]c(=S)n(CCCC(N)=O)c2cc1OC. The zero-order valence-electron chi connectivity index (χ0n) is 11.4. The van der Waals surface area contributed by atoms with Crippen LogP contribution in [0.25, 0.3) is 11.0 Å². The fraction of sp³-hybridized carbons (Fsp3) is 0.385. The van der Waals surface area contributed by atoms with Crippen molar-refractivity contribution in [1.82, 2.24) is 9.55 Å². The third-order valence-electron chi connectivity index (χ3n) is 3.08. The molecule has 0 atom stereocenters. The van der Waals surface area contributed by atoms with Gasteiger partial charge in [-0.2, -0.15) is 0 Å². The summed E-state index contributed by atoms with van der Waals surface area (Å²) >= 11 is 5.30. The monoisotopic (exact) mass is 295 g/mol. The molecule has 7 heteroatoms. The lowest BCUT2D eigenvalue weighted by atomic mass is 10.2. The van der Waals surface area contributed by atoms with E-state index in [-0.39, 0.29) is 5.91 Å². The maximum atomic E-state index is 10.8. The highest BCUT2D eigenvalue weighted by atomic mass is 32.1. The van der Waals surface area contributed by atoms with Gasteiger partial charge < -0.3 is 24.8 Å². The van der Waals surface area contributed by atoms with Gasteiger partial charge in [-0.1, -0.05) is 0 Å². The van der Waals surface area contributed by atoms with Crippen molar-refractivity contribution >= 4 is 29.2 Å². The number of aromatic nitrogens is 2. The lowest BCUT2D eigenvalue weighted by molar-refractivity contribution is -0.118. The van der Waals surface area contributed by atoms with E-state index in [9.17, 15) is 4.79 Å². The van der Waals surface area contributed by atoms with Gasteiger partial charge >= 0.3 is 0 Å². The van der Waals surface area contributed by atoms with Gasteiger partial charge in [-0.05, 0) is 18.6 Å². The van der Waals surface area contributed by atoms with E-state index in [1.54, 1.807) is 14.2 Å². The van der Waals surface area contributed by atoms with Crippen molar-refractivity contribution in [2.45, 2.75) is 19.4 Å². The van der Waals surface area contributed by atoms with Crippen LogP contribution >= 0.6 is 12.2 Å². The van der Waals surface area contributed by atoms with E-state index in [1.807, 2.05) is 16.7 Å². The van der Waals surface area contributed by atoms with E-state index in [1.165, 1.54) is 0 Å². The summed E-state index contributed by atoms with van der Waals surface area (Å²) in [5.74, 6) is 0.966. The number of primary amides is 1. The van der Waals surface area contributed by atoms with Crippen molar-refractivity contribution in [1.29, 1.82) is 0 Å². The number of hydrogen-bond acceptors (Lipinski definition) is 4. The lowest BCUT2D eigenvalue weighted by Crippen LogP contribution is -2.11. The Balaban J connectivity index is 2.41. The second-order valence-electron chi connectivity index (χ2n) is 4.38. The number of amides is 1. The number of hydrogen-bond donors (Lipinski definition) is 2. The molecule has 2 aromatic rings. The number of nitrogens with zero attached hydrogens (tertiary/aromatic N) is 1. The highest BCUT2D eigenvalue weighted by Crippen LogP contribution is 2.31. The number of aryl methyl sites for hydroxylation is 1. The van der Waals surface area contributed by atoms with Crippen LogP contribution in [-0.2, 0) is 11.3 Å². The number of nitrogens with two attached hydrogens (primary N) is 1. The normalized spacial score (nSPS) is 10.7. The minimum atomic E-state index is -0.310. The Kier molecular flexibility index (Phi) is 4.29. The number of methoxy groups -OCH3 is 2. The van der Waals surface area contributed by atoms with Gasteiger partial charge in [0.05, 0.1) is 25.3 Å². The van der Waals surface area contributed by atoms with Gasteiger partial charge in [0, 0.05) is 25.1 Å². The summed E-state index contributed by atoms with van der Waals surface area (Å²) in [5, 5.41) is 0. The van der Waals surface area contributed by atoms with Gasteiger partial charge in [-0.15, -0.1) is 0 Å². The molecule has 0 saturated carbocycles. The zero-order valence-corrected chi connectivity index (χ0v) is 12.3. The Morgan fingerprint density at radius 1 is 1.35 bits per heavy atom. The number of ether oxygens (including phenoxy) is 2. The Hall–Kier alpha value is -2.02. The number of imidazole rings is 1. The second kappa shape index (κ2) is 5.96. The van der Waals surface area contributed by atoms with Crippen LogP contribution in [0.2, 0.25) is 0 Å². The summed E-state index contributed by atoms with van der Waals surface area (Å²) in [6, 6.07) is 3.71.